The summed E-state index contributed by atoms with van der Waals surface area (Å²) in [7, 11) is 0. The predicted molar refractivity (Wildman–Crippen MR) is 90.9 cm³/mol. The van der Waals surface area contributed by atoms with Gasteiger partial charge in [-0.05, 0) is 36.8 Å². The minimum Gasteiger partial charge on any atom is -0.487 e. The smallest absolute Gasteiger partial charge is 0.319 e. The summed E-state index contributed by atoms with van der Waals surface area (Å²) in [5.41, 5.74) is 1.49. The summed E-state index contributed by atoms with van der Waals surface area (Å²) in [5.74, 6) is 0.555. The van der Waals surface area contributed by atoms with Gasteiger partial charge in [-0.15, -0.1) is 0 Å². The van der Waals surface area contributed by atoms with E-state index in [0.717, 1.165) is 5.56 Å². The van der Waals surface area contributed by atoms with Crippen LogP contribution in [-0.2, 0) is 6.61 Å². The van der Waals surface area contributed by atoms with Crippen LogP contribution in [-0.4, -0.2) is 23.8 Å². The molecule has 5 nitrogen and oxygen atoms in total. The Bertz CT molecular complexity index is 664. The Kier molecular flexibility index (Phi) is 6.26. The van der Waals surface area contributed by atoms with E-state index < -0.39 is 6.03 Å². The highest BCUT2D eigenvalue weighted by molar-refractivity contribution is 6.30. The Balaban J connectivity index is 2.01. The Morgan fingerprint density at radius 1 is 1.26 bits per heavy atom. The second-order valence-corrected chi connectivity index (χ2v) is 5.53. The number of hydrogen-bond donors (Lipinski definition) is 3. The van der Waals surface area contributed by atoms with Crippen molar-refractivity contribution in [2.45, 2.75) is 19.6 Å². The number of para-hydroxylation sites is 2. The fraction of sp³-hybridized carbons (Fsp3) is 0.235. The van der Waals surface area contributed by atoms with E-state index in [0.29, 0.717) is 23.1 Å². The minimum absolute atomic E-state index is 0.125. The summed E-state index contributed by atoms with van der Waals surface area (Å²) in [6, 6.07) is 13.8. The maximum Gasteiger partial charge on any atom is 0.319 e. The van der Waals surface area contributed by atoms with Crippen LogP contribution in [0, 0.1) is 0 Å². The lowest BCUT2D eigenvalue weighted by Crippen LogP contribution is -2.38. The van der Waals surface area contributed by atoms with Crippen molar-refractivity contribution in [3.63, 3.8) is 0 Å². The number of amides is 2. The van der Waals surface area contributed by atoms with E-state index in [4.69, 9.17) is 21.4 Å². The van der Waals surface area contributed by atoms with Crippen molar-refractivity contribution in [1.82, 2.24) is 5.32 Å². The second-order valence-electron chi connectivity index (χ2n) is 5.10. The molecule has 122 valence electrons. The Hall–Kier alpha value is -2.24. The Morgan fingerprint density at radius 2 is 2.04 bits per heavy atom. The zero-order valence-corrected chi connectivity index (χ0v) is 13.5. The molecule has 23 heavy (non-hydrogen) atoms. The largest absolute Gasteiger partial charge is 0.487 e. The number of carbonyl (C=O) groups is 1. The molecule has 0 aliphatic carbocycles. The van der Waals surface area contributed by atoms with E-state index in [2.05, 4.69) is 10.6 Å². The van der Waals surface area contributed by atoms with Gasteiger partial charge in [-0.3, -0.25) is 0 Å². The van der Waals surface area contributed by atoms with Gasteiger partial charge >= 0.3 is 6.03 Å². The van der Waals surface area contributed by atoms with Crippen LogP contribution in [0.2, 0.25) is 5.02 Å². The van der Waals surface area contributed by atoms with Gasteiger partial charge in [-0.2, -0.15) is 0 Å². The lowest BCUT2D eigenvalue weighted by Gasteiger charge is -2.15. The molecule has 0 spiro atoms. The summed E-state index contributed by atoms with van der Waals surface area (Å²) in [6.45, 7) is 1.93. The van der Waals surface area contributed by atoms with Gasteiger partial charge in [0, 0.05) is 5.02 Å². The van der Waals surface area contributed by atoms with Gasteiger partial charge in [0.1, 0.15) is 12.4 Å². The van der Waals surface area contributed by atoms with Crippen molar-refractivity contribution in [3.8, 4) is 5.75 Å². The van der Waals surface area contributed by atoms with Crippen molar-refractivity contribution in [2.75, 3.05) is 11.9 Å². The molecule has 0 fully saturated rings. The fourth-order valence-corrected chi connectivity index (χ4v) is 2.12. The zero-order valence-electron chi connectivity index (χ0n) is 12.8. The molecule has 0 heterocycles. The van der Waals surface area contributed by atoms with Crippen LogP contribution >= 0.6 is 11.6 Å². The van der Waals surface area contributed by atoms with E-state index in [1.165, 1.54) is 0 Å². The number of nitrogens with one attached hydrogen (secondary N) is 2. The maximum atomic E-state index is 11.8. The first kappa shape index (κ1) is 17.1. The Labute approximate surface area is 140 Å². The molecular formula is C17H19ClN2O3. The number of hydrogen-bond acceptors (Lipinski definition) is 3. The van der Waals surface area contributed by atoms with Crippen molar-refractivity contribution < 1.29 is 14.6 Å². The molecule has 0 aromatic heterocycles. The minimum atomic E-state index is -0.398. The van der Waals surface area contributed by atoms with Gasteiger partial charge in [0.05, 0.1) is 18.3 Å². The number of anilines is 1. The first-order valence-electron chi connectivity index (χ1n) is 7.23. The molecule has 0 unspecified atom stereocenters. The van der Waals surface area contributed by atoms with Crippen LogP contribution in [0.3, 0.4) is 0 Å². The molecule has 3 N–H and O–H groups in total. The van der Waals surface area contributed by atoms with Crippen molar-refractivity contribution in [3.05, 3.63) is 59.1 Å². The molecule has 6 heteroatoms. The fourth-order valence-electron chi connectivity index (χ4n) is 1.91. The van der Waals surface area contributed by atoms with Crippen LogP contribution in [0.15, 0.2) is 48.5 Å². The highest BCUT2D eigenvalue weighted by Gasteiger charge is 2.09. The normalized spacial score (nSPS) is 11.6. The first-order valence-corrected chi connectivity index (χ1v) is 7.61. The molecule has 0 saturated carbocycles. The molecule has 2 aromatic carbocycles. The summed E-state index contributed by atoms with van der Waals surface area (Å²) in [4.78, 5) is 11.8. The molecule has 0 bridgehead atoms. The SMILES string of the molecule is C[C@@H](CO)NC(=O)Nc1ccccc1OCc1cccc(Cl)c1. The molecular weight excluding hydrogens is 316 g/mol. The van der Waals surface area contributed by atoms with Crippen LogP contribution < -0.4 is 15.4 Å². The highest BCUT2D eigenvalue weighted by atomic mass is 35.5. The van der Waals surface area contributed by atoms with Crippen molar-refractivity contribution in [1.29, 1.82) is 0 Å². The number of rotatable bonds is 6. The van der Waals surface area contributed by atoms with E-state index in [9.17, 15) is 4.79 Å². The van der Waals surface area contributed by atoms with E-state index in [1.54, 1.807) is 31.2 Å². The summed E-state index contributed by atoms with van der Waals surface area (Å²) >= 11 is 5.95. The van der Waals surface area contributed by atoms with Crippen molar-refractivity contribution >= 4 is 23.3 Å². The van der Waals surface area contributed by atoms with Gasteiger partial charge in [0.25, 0.3) is 0 Å². The molecule has 0 aliphatic heterocycles. The van der Waals surface area contributed by atoms with Gasteiger partial charge in [0.2, 0.25) is 0 Å². The third kappa shape index (κ3) is 5.47. The van der Waals surface area contributed by atoms with Crippen LogP contribution in [0.5, 0.6) is 5.75 Å². The Morgan fingerprint density at radius 3 is 2.78 bits per heavy atom. The van der Waals surface area contributed by atoms with Crippen LogP contribution in [0.4, 0.5) is 10.5 Å². The topological polar surface area (TPSA) is 70.6 Å². The number of urea groups is 1. The molecule has 0 aliphatic rings. The average molecular weight is 335 g/mol. The van der Waals surface area contributed by atoms with Gasteiger partial charge < -0.3 is 20.5 Å². The summed E-state index contributed by atoms with van der Waals surface area (Å²) in [6.07, 6.45) is 0. The lowest BCUT2D eigenvalue weighted by molar-refractivity contribution is 0.229. The molecule has 0 saturated heterocycles. The third-order valence-electron chi connectivity index (χ3n) is 3.07. The van der Waals surface area contributed by atoms with Crippen LogP contribution in [0.25, 0.3) is 0 Å². The summed E-state index contributed by atoms with van der Waals surface area (Å²) in [5, 5.41) is 14.9. The van der Waals surface area contributed by atoms with E-state index in [1.807, 2.05) is 24.3 Å². The zero-order chi connectivity index (χ0) is 16.7. The molecule has 1 atom stereocenters. The van der Waals surface area contributed by atoms with E-state index in [-0.39, 0.29) is 12.6 Å². The number of aliphatic hydroxyl groups excluding tert-OH is 1. The highest BCUT2D eigenvalue weighted by Crippen LogP contribution is 2.25. The molecule has 0 radical (unpaired) electrons. The third-order valence-corrected chi connectivity index (χ3v) is 3.31. The van der Waals surface area contributed by atoms with Crippen LogP contribution in [0.1, 0.15) is 12.5 Å². The molecule has 2 aromatic rings. The number of carbonyl (C=O) groups excluding carboxylic acids is 1. The van der Waals surface area contributed by atoms with Crippen molar-refractivity contribution in [2.24, 2.45) is 0 Å². The van der Waals surface area contributed by atoms with Gasteiger partial charge in [-0.1, -0.05) is 35.9 Å². The quantitative estimate of drug-likeness (QED) is 0.758. The predicted octanol–water partition coefficient (Wildman–Crippen LogP) is 3.42. The second kappa shape index (κ2) is 8.41. The average Bonchev–Trinajstić information content (AvgIpc) is 2.54. The monoisotopic (exact) mass is 334 g/mol. The van der Waals surface area contributed by atoms with Gasteiger partial charge in [0.15, 0.2) is 0 Å². The molecule has 2 amide bonds. The number of ether oxygens (including phenoxy) is 1. The first-order chi connectivity index (χ1) is 11.1. The standard InChI is InChI=1S/C17H19ClN2O3/c1-12(10-21)19-17(22)20-15-7-2-3-8-16(15)23-11-13-5-4-6-14(18)9-13/h2-9,12,21H,10-11H2,1H3,(H2,19,20,22)/t12-/m0/s1. The lowest BCUT2D eigenvalue weighted by atomic mass is 10.2. The number of halogens is 1. The number of benzene rings is 2. The van der Waals surface area contributed by atoms with Gasteiger partial charge in [-0.25, -0.2) is 4.79 Å². The summed E-state index contributed by atoms with van der Waals surface area (Å²) < 4.78 is 5.76. The number of aliphatic hydroxyl groups is 1. The maximum absolute atomic E-state index is 11.8. The molecule has 2 rings (SSSR count). The van der Waals surface area contributed by atoms with E-state index >= 15 is 0 Å².